The quantitative estimate of drug-likeness (QED) is 0.301. The molecule has 0 aliphatic carbocycles. The van der Waals surface area contributed by atoms with Gasteiger partial charge in [0.2, 0.25) is 17.0 Å². The van der Waals surface area contributed by atoms with E-state index in [1.165, 1.54) is 59.2 Å². The Morgan fingerprint density at radius 2 is 2.03 bits per heavy atom. The van der Waals surface area contributed by atoms with Crippen LogP contribution in [0.15, 0.2) is 65.1 Å². The van der Waals surface area contributed by atoms with Gasteiger partial charge in [-0.05, 0) is 53.1 Å². The maximum atomic E-state index is 14.2. The maximum absolute atomic E-state index is 14.2. The molecule has 9 nitrogen and oxygen atoms in total. The number of anilines is 3. The van der Waals surface area contributed by atoms with E-state index in [4.69, 9.17) is 0 Å². The Kier molecular flexibility index (Phi) is 7.09. The summed E-state index contributed by atoms with van der Waals surface area (Å²) in [5, 5.41) is 16.9. The number of nitrogens with one attached hydrogen (secondary N) is 1. The largest absolute Gasteiger partial charge is 0.322 e. The lowest BCUT2D eigenvalue weighted by Crippen LogP contribution is -2.23. The first-order valence-electron chi connectivity index (χ1n) is 9.89. The molecule has 172 valence electrons. The van der Waals surface area contributed by atoms with Crippen LogP contribution in [0.4, 0.5) is 20.9 Å². The molecule has 4 aromatic rings. The highest BCUT2D eigenvalue weighted by Crippen LogP contribution is 2.31. The fourth-order valence-electron chi connectivity index (χ4n) is 3.02. The van der Waals surface area contributed by atoms with Crippen molar-refractivity contribution in [2.45, 2.75) is 12.1 Å². The zero-order chi connectivity index (χ0) is 24.1. The number of thiazole rings is 1. The van der Waals surface area contributed by atoms with E-state index in [-0.39, 0.29) is 17.5 Å². The van der Waals surface area contributed by atoms with Crippen molar-refractivity contribution in [2.24, 2.45) is 0 Å². The molecule has 0 aliphatic heterocycles. The predicted molar refractivity (Wildman–Crippen MR) is 130 cm³/mol. The minimum absolute atomic E-state index is 0.115. The first-order valence-corrected chi connectivity index (χ1v) is 12.0. The average molecular weight is 496 g/mol. The lowest BCUT2D eigenvalue weighted by Gasteiger charge is -2.18. The Morgan fingerprint density at radius 3 is 2.79 bits per heavy atom. The zero-order valence-corrected chi connectivity index (χ0v) is 19.7. The summed E-state index contributed by atoms with van der Waals surface area (Å²) in [4.78, 5) is 30.1. The number of para-hydroxylation sites is 1. The number of benzene rings is 2. The van der Waals surface area contributed by atoms with Crippen LogP contribution in [-0.2, 0) is 9.59 Å². The van der Waals surface area contributed by atoms with E-state index in [9.17, 15) is 14.0 Å². The topological polar surface area (TPSA) is 106 Å². The van der Waals surface area contributed by atoms with E-state index in [2.05, 4.69) is 25.8 Å². The molecule has 2 heterocycles. The van der Waals surface area contributed by atoms with Gasteiger partial charge in [-0.25, -0.2) is 9.37 Å². The number of carbonyl (C=O) groups is 2. The average Bonchev–Trinajstić information content (AvgIpc) is 3.49. The van der Waals surface area contributed by atoms with Crippen molar-refractivity contribution in [1.29, 1.82) is 0 Å². The fraction of sp³-hybridized carbons (Fsp3) is 0.0909. The number of hydrogen-bond donors (Lipinski definition) is 1. The van der Waals surface area contributed by atoms with Gasteiger partial charge < -0.3 is 5.32 Å². The van der Waals surface area contributed by atoms with Gasteiger partial charge in [0.1, 0.15) is 5.82 Å². The van der Waals surface area contributed by atoms with Gasteiger partial charge in [0.25, 0.3) is 0 Å². The molecule has 12 heteroatoms. The number of rotatable bonds is 7. The van der Waals surface area contributed by atoms with Crippen LogP contribution in [0.25, 0.3) is 11.8 Å². The minimum atomic E-state index is -0.530. The van der Waals surface area contributed by atoms with Gasteiger partial charge in [-0.15, -0.1) is 16.4 Å². The summed E-state index contributed by atoms with van der Waals surface area (Å²) in [5.41, 5.74) is 1.85. The molecule has 0 saturated heterocycles. The summed E-state index contributed by atoms with van der Waals surface area (Å²) >= 11 is 2.57. The second-order valence-electron chi connectivity index (χ2n) is 6.81. The Labute approximate surface area is 202 Å². The van der Waals surface area contributed by atoms with Crippen LogP contribution in [0.5, 0.6) is 0 Å². The number of tetrazole rings is 1. The highest BCUT2D eigenvalue weighted by molar-refractivity contribution is 7.98. The molecule has 0 aliphatic rings. The van der Waals surface area contributed by atoms with Crippen molar-refractivity contribution in [3.05, 3.63) is 71.5 Å². The molecule has 34 heavy (non-hydrogen) atoms. The third-order valence-corrected chi connectivity index (χ3v) is 5.96. The number of amides is 2. The number of halogens is 1. The van der Waals surface area contributed by atoms with E-state index in [0.717, 1.165) is 0 Å². The van der Waals surface area contributed by atoms with Crippen molar-refractivity contribution in [3.63, 3.8) is 0 Å². The molecule has 0 unspecified atom stereocenters. The first kappa shape index (κ1) is 23.3. The van der Waals surface area contributed by atoms with Crippen LogP contribution in [0.1, 0.15) is 12.6 Å². The number of hydrogen-bond acceptors (Lipinski definition) is 8. The molecule has 2 aromatic carbocycles. The molecular formula is C22H18FN7O2S2. The molecular weight excluding hydrogens is 477 g/mol. The van der Waals surface area contributed by atoms with Gasteiger partial charge in [0.05, 0.1) is 17.1 Å². The van der Waals surface area contributed by atoms with Crippen molar-refractivity contribution in [2.75, 3.05) is 16.5 Å². The first-order chi connectivity index (χ1) is 16.5. The number of aromatic nitrogens is 5. The van der Waals surface area contributed by atoms with Crippen LogP contribution >= 0.6 is 23.1 Å². The fourth-order valence-corrected chi connectivity index (χ4v) is 4.31. The summed E-state index contributed by atoms with van der Waals surface area (Å²) in [6, 6.07) is 13.1. The molecule has 2 amide bonds. The number of thioether (sulfide) groups is 1. The molecule has 1 N–H and O–H groups in total. The molecule has 0 saturated carbocycles. The van der Waals surface area contributed by atoms with E-state index < -0.39 is 5.82 Å². The van der Waals surface area contributed by atoms with Gasteiger partial charge in [0, 0.05) is 24.1 Å². The summed E-state index contributed by atoms with van der Waals surface area (Å²) in [6.45, 7) is 1.34. The Hall–Kier alpha value is -3.90. The zero-order valence-electron chi connectivity index (χ0n) is 18.0. The summed E-state index contributed by atoms with van der Waals surface area (Å²) in [7, 11) is 0. The highest BCUT2D eigenvalue weighted by atomic mass is 32.2. The molecule has 0 fully saturated rings. The Morgan fingerprint density at radius 1 is 1.21 bits per heavy atom. The van der Waals surface area contributed by atoms with Gasteiger partial charge in [-0.3, -0.25) is 14.5 Å². The van der Waals surface area contributed by atoms with Crippen LogP contribution in [0.3, 0.4) is 0 Å². The van der Waals surface area contributed by atoms with E-state index in [1.54, 1.807) is 40.4 Å². The van der Waals surface area contributed by atoms with E-state index in [1.807, 2.05) is 12.3 Å². The van der Waals surface area contributed by atoms with Crippen molar-refractivity contribution in [1.82, 2.24) is 25.2 Å². The molecule has 0 atom stereocenters. The van der Waals surface area contributed by atoms with Gasteiger partial charge in [0.15, 0.2) is 5.13 Å². The molecule has 0 bridgehead atoms. The van der Waals surface area contributed by atoms with E-state index in [0.29, 0.717) is 27.4 Å². The Bertz CT molecular complexity index is 1370. The van der Waals surface area contributed by atoms with Crippen LogP contribution in [0.2, 0.25) is 0 Å². The van der Waals surface area contributed by atoms with Crippen LogP contribution in [-0.4, -0.2) is 43.3 Å². The second kappa shape index (κ2) is 10.4. The van der Waals surface area contributed by atoms with Crippen molar-refractivity contribution < 1.29 is 14.0 Å². The normalized spacial score (nSPS) is 11.0. The summed E-state index contributed by atoms with van der Waals surface area (Å²) in [6.07, 6.45) is 4.72. The third-order valence-electron chi connectivity index (χ3n) is 4.50. The lowest BCUT2D eigenvalue weighted by atomic mass is 10.2. The Balaban J connectivity index is 1.47. The molecule has 0 spiro atoms. The van der Waals surface area contributed by atoms with Crippen LogP contribution in [0, 0.1) is 5.82 Å². The molecule has 4 rings (SSSR count). The summed E-state index contributed by atoms with van der Waals surface area (Å²) in [5.74, 6) is -1.27. The third kappa shape index (κ3) is 5.18. The van der Waals surface area contributed by atoms with Crippen LogP contribution < -0.4 is 10.2 Å². The highest BCUT2D eigenvalue weighted by Gasteiger charge is 2.20. The number of nitrogens with zero attached hydrogens (tertiary/aromatic N) is 6. The molecule has 2 aromatic heterocycles. The minimum Gasteiger partial charge on any atom is -0.322 e. The SMILES string of the molecule is CSc1nnnn1-c1cccc(NC(=O)/C=C/c2csc(N(C(C)=O)c3ccccc3F)n2)c1. The van der Waals surface area contributed by atoms with Crippen molar-refractivity contribution >= 4 is 57.5 Å². The maximum Gasteiger partial charge on any atom is 0.248 e. The number of carbonyl (C=O) groups excluding carboxylic acids is 2. The lowest BCUT2D eigenvalue weighted by molar-refractivity contribution is -0.116. The molecule has 0 radical (unpaired) electrons. The second-order valence-corrected chi connectivity index (χ2v) is 8.42. The van der Waals surface area contributed by atoms with Gasteiger partial charge in [-0.1, -0.05) is 30.0 Å². The smallest absolute Gasteiger partial charge is 0.248 e. The van der Waals surface area contributed by atoms with Crippen molar-refractivity contribution in [3.8, 4) is 5.69 Å². The van der Waals surface area contributed by atoms with Gasteiger partial charge >= 0.3 is 0 Å². The standard InChI is InChI=1S/C22H18FN7O2S2/c1-14(31)29(19-9-4-3-8-18(19)23)21-25-16(13-34-21)10-11-20(32)24-15-6-5-7-17(12-15)30-22(33-2)26-27-28-30/h3-13H,1-2H3,(H,24,32)/b11-10+. The predicted octanol–water partition coefficient (Wildman–Crippen LogP) is 4.32. The van der Waals surface area contributed by atoms with Gasteiger partial charge in [-0.2, -0.15) is 4.68 Å². The summed E-state index contributed by atoms with van der Waals surface area (Å²) < 4.78 is 15.8. The monoisotopic (exact) mass is 495 g/mol. The van der Waals surface area contributed by atoms with E-state index >= 15 is 0 Å².